The Kier molecular flexibility index (Phi) is 7.82. The van der Waals surface area contributed by atoms with Crippen molar-refractivity contribution in [2.75, 3.05) is 26.2 Å². The highest BCUT2D eigenvalue weighted by Crippen LogP contribution is 2.22. The predicted octanol–water partition coefficient (Wildman–Crippen LogP) is 2.57. The molecule has 0 bridgehead atoms. The maximum absolute atomic E-state index is 12.7. The van der Waals surface area contributed by atoms with Crippen LogP contribution in [0.4, 0.5) is 0 Å². The Balaban J connectivity index is 0.00000261. The van der Waals surface area contributed by atoms with Gasteiger partial charge < -0.3 is 15.5 Å². The minimum absolute atomic E-state index is 0. The molecule has 144 valence electrons. The number of rotatable bonds is 5. The molecule has 1 heterocycles. The lowest BCUT2D eigenvalue weighted by molar-refractivity contribution is -0.133. The number of carbonyl (C=O) groups excluding carboxylic acids is 2. The SMILES string of the molecule is CCc1ccc(C2CNCCN2C(=O)CNC(=O)c2ccccc2)cc1.Cl. The van der Waals surface area contributed by atoms with Crippen molar-refractivity contribution in [3.8, 4) is 0 Å². The molecule has 2 N–H and O–H groups in total. The summed E-state index contributed by atoms with van der Waals surface area (Å²) in [5.41, 5.74) is 2.97. The molecule has 0 saturated carbocycles. The van der Waals surface area contributed by atoms with Gasteiger partial charge in [0.15, 0.2) is 0 Å². The van der Waals surface area contributed by atoms with Gasteiger partial charge in [0.2, 0.25) is 5.91 Å². The number of aryl methyl sites for hydroxylation is 1. The molecule has 6 heteroatoms. The number of amides is 2. The van der Waals surface area contributed by atoms with Crippen LogP contribution >= 0.6 is 12.4 Å². The van der Waals surface area contributed by atoms with Gasteiger partial charge in [0.25, 0.3) is 5.91 Å². The molecule has 2 aromatic rings. The van der Waals surface area contributed by atoms with E-state index in [9.17, 15) is 9.59 Å². The van der Waals surface area contributed by atoms with E-state index < -0.39 is 0 Å². The Hall–Kier alpha value is -2.37. The Bertz CT molecular complexity index is 750. The Morgan fingerprint density at radius 3 is 2.48 bits per heavy atom. The Morgan fingerprint density at radius 1 is 1.11 bits per heavy atom. The van der Waals surface area contributed by atoms with E-state index in [-0.39, 0.29) is 36.8 Å². The van der Waals surface area contributed by atoms with Gasteiger partial charge in [-0.2, -0.15) is 0 Å². The van der Waals surface area contributed by atoms with Crippen LogP contribution in [0.2, 0.25) is 0 Å². The zero-order chi connectivity index (χ0) is 18.4. The molecule has 1 aliphatic heterocycles. The van der Waals surface area contributed by atoms with Crippen molar-refractivity contribution in [2.24, 2.45) is 0 Å². The first-order valence-electron chi connectivity index (χ1n) is 9.11. The maximum atomic E-state index is 12.7. The van der Waals surface area contributed by atoms with Crippen LogP contribution in [0, 0.1) is 0 Å². The van der Waals surface area contributed by atoms with Crippen molar-refractivity contribution in [1.82, 2.24) is 15.5 Å². The summed E-state index contributed by atoms with van der Waals surface area (Å²) in [5.74, 6) is -0.279. The molecule has 1 atom stereocenters. The molecule has 1 saturated heterocycles. The van der Waals surface area contributed by atoms with E-state index in [2.05, 4.69) is 41.8 Å². The number of nitrogens with one attached hydrogen (secondary N) is 2. The summed E-state index contributed by atoms with van der Waals surface area (Å²) < 4.78 is 0. The van der Waals surface area contributed by atoms with E-state index in [0.717, 1.165) is 25.1 Å². The third-order valence-electron chi connectivity index (χ3n) is 4.77. The van der Waals surface area contributed by atoms with Crippen LogP contribution in [-0.4, -0.2) is 42.9 Å². The number of nitrogens with zero attached hydrogens (tertiary/aromatic N) is 1. The zero-order valence-electron chi connectivity index (χ0n) is 15.5. The summed E-state index contributed by atoms with van der Waals surface area (Å²) in [6, 6.07) is 17.4. The summed E-state index contributed by atoms with van der Waals surface area (Å²) in [6.45, 7) is 4.27. The molecule has 27 heavy (non-hydrogen) atoms. The number of halogens is 1. The molecule has 0 spiro atoms. The summed E-state index contributed by atoms with van der Waals surface area (Å²) in [4.78, 5) is 26.7. The molecule has 5 nitrogen and oxygen atoms in total. The Labute approximate surface area is 166 Å². The minimum Gasteiger partial charge on any atom is -0.343 e. The number of carbonyl (C=O) groups is 2. The maximum Gasteiger partial charge on any atom is 0.251 e. The van der Waals surface area contributed by atoms with Crippen LogP contribution in [0.25, 0.3) is 0 Å². The van der Waals surface area contributed by atoms with E-state index in [1.807, 2.05) is 23.1 Å². The molecule has 1 aliphatic rings. The van der Waals surface area contributed by atoms with Crippen molar-refractivity contribution >= 4 is 24.2 Å². The van der Waals surface area contributed by atoms with Gasteiger partial charge in [0.05, 0.1) is 12.6 Å². The lowest BCUT2D eigenvalue weighted by Crippen LogP contribution is -2.51. The van der Waals surface area contributed by atoms with Crippen LogP contribution in [-0.2, 0) is 11.2 Å². The average molecular weight is 388 g/mol. The lowest BCUT2D eigenvalue weighted by Gasteiger charge is -2.36. The highest BCUT2D eigenvalue weighted by atomic mass is 35.5. The van der Waals surface area contributed by atoms with E-state index in [4.69, 9.17) is 0 Å². The summed E-state index contributed by atoms with van der Waals surface area (Å²) in [5, 5.41) is 6.09. The first kappa shape index (κ1) is 20.9. The second-order valence-corrected chi connectivity index (χ2v) is 6.45. The lowest BCUT2D eigenvalue weighted by atomic mass is 10.0. The molecule has 0 aromatic heterocycles. The van der Waals surface area contributed by atoms with Crippen LogP contribution in [0.5, 0.6) is 0 Å². The fraction of sp³-hybridized carbons (Fsp3) is 0.333. The van der Waals surface area contributed by atoms with Gasteiger partial charge in [-0.25, -0.2) is 0 Å². The van der Waals surface area contributed by atoms with Gasteiger partial charge in [0, 0.05) is 25.2 Å². The smallest absolute Gasteiger partial charge is 0.251 e. The number of piperazine rings is 1. The molecule has 0 radical (unpaired) electrons. The first-order chi connectivity index (χ1) is 12.7. The molecule has 1 unspecified atom stereocenters. The van der Waals surface area contributed by atoms with Gasteiger partial charge in [-0.05, 0) is 29.7 Å². The second-order valence-electron chi connectivity index (χ2n) is 6.45. The molecule has 3 rings (SSSR count). The van der Waals surface area contributed by atoms with Gasteiger partial charge >= 0.3 is 0 Å². The van der Waals surface area contributed by atoms with Gasteiger partial charge in [0.1, 0.15) is 0 Å². The van der Waals surface area contributed by atoms with Crippen LogP contribution < -0.4 is 10.6 Å². The van der Waals surface area contributed by atoms with Crippen molar-refractivity contribution in [1.29, 1.82) is 0 Å². The van der Waals surface area contributed by atoms with Crippen molar-refractivity contribution in [2.45, 2.75) is 19.4 Å². The van der Waals surface area contributed by atoms with Gasteiger partial charge in [-0.15, -0.1) is 12.4 Å². The zero-order valence-corrected chi connectivity index (χ0v) is 16.3. The summed E-state index contributed by atoms with van der Waals surface area (Å²) in [7, 11) is 0. The highest BCUT2D eigenvalue weighted by Gasteiger charge is 2.27. The molecule has 0 aliphatic carbocycles. The molecule has 2 aromatic carbocycles. The molecule has 1 fully saturated rings. The first-order valence-corrected chi connectivity index (χ1v) is 9.11. The minimum atomic E-state index is -0.224. The van der Waals surface area contributed by atoms with Gasteiger partial charge in [-0.1, -0.05) is 49.4 Å². The van der Waals surface area contributed by atoms with E-state index in [1.165, 1.54) is 5.56 Å². The molecule has 2 amide bonds. The molecular weight excluding hydrogens is 362 g/mol. The topological polar surface area (TPSA) is 61.4 Å². The third-order valence-corrected chi connectivity index (χ3v) is 4.77. The average Bonchev–Trinajstić information content (AvgIpc) is 2.72. The summed E-state index contributed by atoms with van der Waals surface area (Å²) in [6.07, 6.45) is 0.997. The standard InChI is InChI=1S/C21H25N3O2.ClH/c1-2-16-8-10-17(11-9-16)19-14-22-12-13-24(19)20(25)15-23-21(26)18-6-4-3-5-7-18;/h3-11,19,22H,2,12-15H2,1H3,(H,23,26);1H. The second kappa shape index (κ2) is 10.1. The third kappa shape index (κ3) is 5.31. The number of benzene rings is 2. The van der Waals surface area contributed by atoms with E-state index in [0.29, 0.717) is 12.1 Å². The van der Waals surface area contributed by atoms with Crippen molar-refractivity contribution in [3.63, 3.8) is 0 Å². The quantitative estimate of drug-likeness (QED) is 0.828. The van der Waals surface area contributed by atoms with Crippen molar-refractivity contribution < 1.29 is 9.59 Å². The van der Waals surface area contributed by atoms with Crippen LogP contribution in [0.1, 0.15) is 34.5 Å². The highest BCUT2D eigenvalue weighted by molar-refractivity contribution is 5.96. The van der Waals surface area contributed by atoms with E-state index in [1.54, 1.807) is 12.1 Å². The molecular formula is C21H26ClN3O2. The monoisotopic (exact) mass is 387 g/mol. The van der Waals surface area contributed by atoms with Crippen molar-refractivity contribution in [3.05, 3.63) is 71.3 Å². The predicted molar refractivity (Wildman–Crippen MR) is 109 cm³/mol. The summed E-state index contributed by atoms with van der Waals surface area (Å²) >= 11 is 0. The fourth-order valence-corrected chi connectivity index (χ4v) is 3.23. The largest absolute Gasteiger partial charge is 0.343 e. The van der Waals surface area contributed by atoms with Crippen LogP contribution in [0.3, 0.4) is 0 Å². The number of hydrogen-bond acceptors (Lipinski definition) is 3. The normalized spacial score (nSPS) is 16.3. The fourth-order valence-electron chi connectivity index (χ4n) is 3.23. The van der Waals surface area contributed by atoms with Gasteiger partial charge in [-0.3, -0.25) is 9.59 Å². The Morgan fingerprint density at radius 2 is 1.81 bits per heavy atom. The van der Waals surface area contributed by atoms with Crippen LogP contribution in [0.15, 0.2) is 54.6 Å². The van der Waals surface area contributed by atoms with E-state index >= 15 is 0 Å². The number of hydrogen-bond donors (Lipinski definition) is 2.